The molecular weight excluding hydrogens is 290 g/mol. The zero-order valence-electron chi connectivity index (χ0n) is 13.9. The second kappa shape index (κ2) is 8.48. The fourth-order valence-corrected chi connectivity index (χ4v) is 2.77. The first kappa shape index (κ1) is 17.2. The minimum Gasteiger partial charge on any atom is -0.355 e. The van der Waals surface area contributed by atoms with E-state index < -0.39 is 6.04 Å². The van der Waals surface area contributed by atoms with Crippen LogP contribution < -0.4 is 15.5 Å². The average Bonchev–Trinajstić information content (AvgIpc) is 2.56. The van der Waals surface area contributed by atoms with Crippen LogP contribution in [0.3, 0.4) is 0 Å². The summed E-state index contributed by atoms with van der Waals surface area (Å²) in [5.41, 5.74) is 2.62. The second-order valence-electron chi connectivity index (χ2n) is 5.91. The van der Waals surface area contributed by atoms with Crippen LogP contribution in [0.1, 0.15) is 25.8 Å². The van der Waals surface area contributed by atoms with Crippen molar-refractivity contribution in [3.8, 4) is 0 Å². The van der Waals surface area contributed by atoms with Crippen LogP contribution in [0.5, 0.6) is 0 Å². The van der Waals surface area contributed by atoms with Gasteiger partial charge in [-0.05, 0) is 31.1 Å². The van der Waals surface area contributed by atoms with E-state index in [0.29, 0.717) is 13.1 Å². The van der Waals surface area contributed by atoms with Gasteiger partial charge in [0.2, 0.25) is 5.91 Å². The molecule has 2 amide bonds. The van der Waals surface area contributed by atoms with Crippen LogP contribution in [0.25, 0.3) is 5.57 Å². The Kier molecular flexibility index (Phi) is 6.35. The van der Waals surface area contributed by atoms with Crippen LogP contribution in [0.15, 0.2) is 36.4 Å². The first-order chi connectivity index (χ1) is 11.1. The standard InChI is InChI=1S/C18H25N3O2/c1-3-19-18(23)14(2)20-17(22)13-21-11-9-16(10-12-21)15-7-5-4-6-8-15/h4-9,14H,3,10-13H2,1-2H3,(H,19,23)(H,20,22)/p+1/t14-/m0/s1. The maximum absolute atomic E-state index is 12.0. The van der Waals surface area contributed by atoms with Gasteiger partial charge in [0, 0.05) is 13.0 Å². The Bertz CT molecular complexity index is 569. The lowest BCUT2D eigenvalue weighted by Gasteiger charge is -2.24. The zero-order chi connectivity index (χ0) is 16.7. The summed E-state index contributed by atoms with van der Waals surface area (Å²) in [5, 5.41) is 5.47. The third-order valence-electron chi connectivity index (χ3n) is 4.06. The van der Waals surface area contributed by atoms with Gasteiger partial charge in [-0.2, -0.15) is 0 Å². The van der Waals surface area contributed by atoms with Gasteiger partial charge in [0.15, 0.2) is 6.54 Å². The lowest BCUT2D eigenvalue weighted by Crippen LogP contribution is -3.13. The molecule has 0 radical (unpaired) electrons. The molecule has 0 saturated carbocycles. The van der Waals surface area contributed by atoms with Gasteiger partial charge in [-0.15, -0.1) is 0 Å². The van der Waals surface area contributed by atoms with Crippen molar-refractivity contribution in [3.63, 3.8) is 0 Å². The molecule has 5 heteroatoms. The van der Waals surface area contributed by atoms with Crippen molar-refractivity contribution in [1.82, 2.24) is 10.6 Å². The molecule has 0 aromatic heterocycles. The number of carbonyl (C=O) groups is 2. The minimum atomic E-state index is -0.484. The second-order valence-corrected chi connectivity index (χ2v) is 5.91. The highest BCUT2D eigenvalue weighted by atomic mass is 16.2. The van der Waals surface area contributed by atoms with Gasteiger partial charge >= 0.3 is 0 Å². The van der Waals surface area contributed by atoms with E-state index >= 15 is 0 Å². The van der Waals surface area contributed by atoms with E-state index in [9.17, 15) is 9.59 Å². The summed E-state index contributed by atoms with van der Waals surface area (Å²) >= 11 is 0. The average molecular weight is 316 g/mol. The Morgan fingerprint density at radius 1 is 1.26 bits per heavy atom. The van der Waals surface area contributed by atoms with Crippen LogP contribution in [-0.4, -0.2) is 44.0 Å². The smallest absolute Gasteiger partial charge is 0.275 e. The molecule has 1 heterocycles. The molecule has 0 fully saturated rings. The van der Waals surface area contributed by atoms with Crippen molar-refractivity contribution in [2.45, 2.75) is 26.3 Å². The molecule has 0 bridgehead atoms. The lowest BCUT2D eigenvalue weighted by atomic mass is 10.00. The van der Waals surface area contributed by atoms with Gasteiger partial charge in [-0.25, -0.2) is 0 Å². The van der Waals surface area contributed by atoms with Crippen LogP contribution in [0.2, 0.25) is 0 Å². The highest BCUT2D eigenvalue weighted by Gasteiger charge is 2.21. The molecule has 1 aliphatic heterocycles. The SMILES string of the molecule is CCNC(=O)[C@H](C)NC(=O)C[NH+]1CC=C(c2ccccc2)CC1. The molecule has 23 heavy (non-hydrogen) atoms. The van der Waals surface area contributed by atoms with Crippen molar-refractivity contribution in [1.29, 1.82) is 0 Å². The van der Waals surface area contributed by atoms with E-state index in [0.717, 1.165) is 19.5 Å². The Balaban J connectivity index is 1.80. The van der Waals surface area contributed by atoms with Gasteiger partial charge in [0.05, 0.1) is 13.1 Å². The fraction of sp³-hybridized carbons (Fsp3) is 0.444. The van der Waals surface area contributed by atoms with E-state index in [1.807, 2.05) is 25.1 Å². The van der Waals surface area contributed by atoms with Crippen molar-refractivity contribution < 1.29 is 14.5 Å². The molecule has 3 N–H and O–H groups in total. The molecule has 0 saturated heterocycles. The lowest BCUT2D eigenvalue weighted by molar-refractivity contribution is -0.886. The molecule has 1 unspecified atom stereocenters. The number of nitrogens with one attached hydrogen (secondary N) is 3. The number of hydrogen-bond donors (Lipinski definition) is 3. The molecule has 0 aliphatic carbocycles. The highest BCUT2D eigenvalue weighted by Crippen LogP contribution is 2.17. The monoisotopic (exact) mass is 316 g/mol. The van der Waals surface area contributed by atoms with E-state index in [1.54, 1.807) is 6.92 Å². The Labute approximate surface area is 137 Å². The third-order valence-corrected chi connectivity index (χ3v) is 4.06. The van der Waals surface area contributed by atoms with Crippen LogP contribution in [-0.2, 0) is 9.59 Å². The molecule has 1 aromatic rings. The normalized spacial score (nSPS) is 18.7. The van der Waals surface area contributed by atoms with E-state index in [-0.39, 0.29) is 11.8 Å². The van der Waals surface area contributed by atoms with Gasteiger partial charge in [-0.1, -0.05) is 30.3 Å². The van der Waals surface area contributed by atoms with Crippen molar-refractivity contribution >= 4 is 17.4 Å². The number of amides is 2. The fourth-order valence-electron chi connectivity index (χ4n) is 2.77. The summed E-state index contributed by atoms with van der Waals surface area (Å²) in [4.78, 5) is 24.9. The summed E-state index contributed by atoms with van der Waals surface area (Å²) < 4.78 is 0. The number of hydrogen-bond acceptors (Lipinski definition) is 2. The molecule has 0 spiro atoms. The van der Waals surface area contributed by atoms with Gasteiger partial charge in [0.1, 0.15) is 6.04 Å². The summed E-state index contributed by atoms with van der Waals surface area (Å²) in [7, 11) is 0. The quantitative estimate of drug-likeness (QED) is 0.692. The number of rotatable bonds is 6. The van der Waals surface area contributed by atoms with Gasteiger partial charge in [-0.3, -0.25) is 9.59 Å². The number of carbonyl (C=O) groups excluding carboxylic acids is 2. The Morgan fingerprint density at radius 3 is 2.61 bits per heavy atom. The maximum atomic E-state index is 12.0. The largest absolute Gasteiger partial charge is 0.355 e. The highest BCUT2D eigenvalue weighted by molar-refractivity contribution is 5.87. The van der Waals surface area contributed by atoms with Crippen LogP contribution in [0.4, 0.5) is 0 Å². The zero-order valence-corrected chi connectivity index (χ0v) is 13.9. The molecule has 1 aliphatic rings. The number of quaternary nitrogens is 1. The topological polar surface area (TPSA) is 62.6 Å². The number of likely N-dealkylation sites (N-methyl/N-ethyl adjacent to an activating group) is 1. The van der Waals surface area contributed by atoms with Crippen molar-refractivity contribution in [2.75, 3.05) is 26.2 Å². The van der Waals surface area contributed by atoms with Crippen LogP contribution >= 0.6 is 0 Å². The van der Waals surface area contributed by atoms with Crippen molar-refractivity contribution in [2.24, 2.45) is 0 Å². The molecule has 124 valence electrons. The summed E-state index contributed by atoms with van der Waals surface area (Å²) in [6.45, 7) is 6.32. The summed E-state index contributed by atoms with van der Waals surface area (Å²) in [6.07, 6.45) is 3.19. The molecule has 2 rings (SSSR count). The van der Waals surface area contributed by atoms with Crippen molar-refractivity contribution in [3.05, 3.63) is 42.0 Å². The van der Waals surface area contributed by atoms with Gasteiger partial charge < -0.3 is 15.5 Å². The predicted octanol–water partition coefficient (Wildman–Crippen LogP) is -0.000600. The first-order valence-corrected chi connectivity index (χ1v) is 8.25. The van der Waals surface area contributed by atoms with Gasteiger partial charge in [0.25, 0.3) is 5.91 Å². The van der Waals surface area contributed by atoms with E-state index in [4.69, 9.17) is 0 Å². The predicted molar refractivity (Wildman–Crippen MR) is 90.9 cm³/mol. The Hall–Kier alpha value is -2.14. The Morgan fingerprint density at radius 2 is 2.00 bits per heavy atom. The maximum Gasteiger partial charge on any atom is 0.275 e. The van der Waals surface area contributed by atoms with E-state index in [2.05, 4.69) is 28.8 Å². The minimum absolute atomic E-state index is 0.0738. The third kappa shape index (κ3) is 5.21. The first-order valence-electron chi connectivity index (χ1n) is 8.25. The molecule has 1 aromatic carbocycles. The summed E-state index contributed by atoms with van der Waals surface area (Å²) in [6, 6.07) is 9.87. The molecular formula is C18H26N3O2+. The molecule has 2 atom stereocenters. The number of benzene rings is 1. The molecule has 5 nitrogen and oxygen atoms in total. The van der Waals surface area contributed by atoms with E-state index in [1.165, 1.54) is 16.0 Å². The van der Waals surface area contributed by atoms with Crippen LogP contribution in [0, 0.1) is 0 Å². The summed E-state index contributed by atoms with van der Waals surface area (Å²) in [5.74, 6) is -0.212.